The number of aromatic nitrogens is 2. The van der Waals surface area contributed by atoms with Crippen LogP contribution in [0.25, 0.3) is 0 Å². The van der Waals surface area contributed by atoms with Crippen LogP contribution in [0.4, 0.5) is 10.5 Å². The van der Waals surface area contributed by atoms with Gasteiger partial charge in [-0.3, -0.25) is 14.3 Å². The van der Waals surface area contributed by atoms with Crippen LogP contribution in [0, 0.1) is 0 Å². The Labute approximate surface area is 155 Å². The number of hydrogen-bond acceptors (Lipinski definition) is 5. The predicted octanol–water partition coefficient (Wildman–Crippen LogP) is 1.98. The SMILES string of the molecule is CCCCCCn1c(O)c(C=NNC(=O)Nc2ccccc2)c(=O)[nH]c1=O. The average Bonchev–Trinajstić information content (AvgIpc) is 2.64. The summed E-state index contributed by atoms with van der Waals surface area (Å²) < 4.78 is 1.09. The van der Waals surface area contributed by atoms with Crippen LogP contribution in [0.2, 0.25) is 0 Å². The molecular formula is C18H23N5O4. The number of hydrazone groups is 1. The highest BCUT2D eigenvalue weighted by molar-refractivity contribution is 5.90. The van der Waals surface area contributed by atoms with Gasteiger partial charge >= 0.3 is 11.7 Å². The highest BCUT2D eigenvalue weighted by atomic mass is 16.3. The number of para-hydroxylation sites is 1. The van der Waals surface area contributed by atoms with Crippen molar-refractivity contribution in [3.63, 3.8) is 0 Å². The molecule has 1 heterocycles. The Morgan fingerprint density at radius 1 is 1.22 bits per heavy atom. The molecule has 9 nitrogen and oxygen atoms in total. The Morgan fingerprint density at radius 2 is 1.96 bits per heavy atom. The molecule has 0 saturated carbocycles. The number of unbranched alkanes of at least 4 members (excludes halogenated alkanes) is 3. The molecule has 0 aliphatic rings. The normalized spacial score (nSPS) is 10.9. The lowest BCUT2D eigenvalue weighted by molar-refractivity contribution is 0.252. The van der Waals surface area contributed by atoms with Crippen molar-refractivity contribution >= 4 is 17.9 Å². The molecule has 0 spiro atoms. The first-order valence-electron chi connectivity index (χ1n) is 8.74. The fourth-order valence-corrected chi connectivity index (χ4v) is 2.43. The molecule has 0 saturated heterocycles. The first-order valence-corrected chi connectivity index (χ1v) is 8.74. The number of H-pyrrole nitrogens is 1. The average molecular weight is 373 g/mol. The van der Waals surface area contributed by atoms with E-state index >= 15 is 0 Å². The van der Waals surface area contributed by atoms with E-state index in [4.69, 9.17) is 0 Å². The van der Waals surface area contributed by atoms with Crippen LogP contribution in [0.5, 0.6) is 5.88 Å². The van der Waals surface area contributed by atoms with Crippen LogP contribution < -0.4 is 22.0 Å². The van der Waals surface area contributed by atoms with Gasteiger partial charge in [-0.25, -0.2) is 15.0 Å². The zero-order valence-electron chi connectivity index (χ0n) is 15.1. The third kappa shape index (κ3) is 5.84. The molecular weight excluding hydrogens is 350 g/mol. The molecule has 0 bridgehead atoms. The second-order valence-corrected chi connectivity index (χ2v) is 5.90. The van der Waals surface area contributed by atoms with Gasteiger partial charge in [-0.1, -0.05) is 44.4 Å². The van der Waals surface area contributed by atoms with E-state index in [1.165, 1.54) is 0 Å². The summed E-state index contributed by atoms with van der Waals surface area (Å²) in [6, 6.07) is 8.14. The van der Waals surface area contributed by atoms with Crippen molar-refractivity contribution in [3.8, 4) is 5.88 Å². The molecule has 9 heteroatoms. The molecule has 144 valence electrons. The molecule has 2 rings (SSSR count). The van der Waals surface area contributed by atoms with Crippen LogP contribution in [-0.2, 0) is 6.54 Å². The largest absolute Gasteiger partial charge is 0.494 e. The first-order chi connectivity index (χ1) is 13.0. The summed E-state index contributed by atoms with van der Waals surface area (Å²) in [6.07, 6.45) is 4.67. The van der Waals surface area contributed by atoms with E-state index in [-0.39, 0.29) is 12.1 Å². The Morgan fingerprint density at radius 3 is 2.67 bits per heavy atom. The van der Waals surface area contributed by atoms with Gasteiger partial charge < -0.3 is 10.4 Å². The number of urea groups is 1. The zero-order valence-corrected chi connectivity index (χ0v) is 15.1. The van der Waals surface area contributed by atoms with Crippen molar-refractivity contribution in [2.24, 2.45) is 5.10 Å². The molecule has 0 aliphatic heterocycles. The van der Waals surface area contributed by atoms with Gasteiger partial charge in [0.15, 0.2) is 0 Å². The smallest absolute Gasteiger partial charge is 0.339 e. The van der Waals surface area contributed by atoms with Gasteiger partial charge in [0.25, 0.3) is 5.56 Å². The standard InChI is InChI=1S/C18H23N5O4/c1-2-3-4-8-11-23-16(25)14(15(24)21-18(23)27)12-19-22-17(26)20-13-9-6-5-7-10-13/h5-7,9-10,12,25H,2-4,8,11H2,1H3,(H2,20,22,26)(H,21,24,27). The maximum Gasteiger partial charge on any atom is 0.339 e. The molecule has 4 N–H and O–H groups in total. The lowest BCUT2D eigenvalue weighted by Crippen LogP contribution is -2.32. The topological polar surface area (TPSA) is 129 Å². The molecule has 0 unspecified atom stereocenters. The summed E-state index contributed by atoms with van der Waals surface area (Å²) in [7, 11) is 0. The van der Waals surface area contributed by atoms with Crippen molar-refractivity contribution in [3.05, 3.63) is 56.7 Å². The van der Waals surface area contributed by atoms with Crippen molar-refractivity contribution in [2.45, 2.75) is 39.2 Å². The number of anilines is 1. The number of aromatic amines is 1. The lowest BCUT2D eigenvalue weighted by Gasteiger charge is -2.09. The van der Waals surface area contributed by atoms with E-state index in [2.05, 4.69) is 27.8 Å². The summed E-state index contributed by atoms with van der Waals surface area (Å²) >= 11 is 0. The highest BCUT2D eigenvalue weighted by Gasteiger charge is 2.12. The van der Waals surface area contributed by atoms with Crippen LogP contribution >= 0.6 is 0 Å². The van der Waals surface area contributed by atoms with E-state index in [1.807, 2.05) is 6.07 Å². The molecule has 0 fully saturated rings. The Bertz CT molecular complexity index is 902. The summed E-state index contributed by atoms with van der Waals surface area (Å²) in [5.41, 5.74) is 1.11. The van der Waals surface area contributed by atoms with Crippen LogP contribution in [-0.4, -0.2) is 26.9 Å². The van der Waals surface area contributed by atoms with Crippen molar-refractivity contribution < 1.29 is 9.90 Å². The summed E-state index contributed by atoms with van der Waals surface area (Å²) in [5.74, 6) is -0.478. The number of nitrogens with one attached hydrogen (secondary N) is 3. The van der Waals surface area contributed by atoms with Crippen LogP contribution in [0.15, 0.2) is 45.0 Å². The number of hydrogen-bond donors (Lipinski definition) is 4. The summed E-state index contributed by atoms with van der Waals surface area (Å²) in [5, 5.41) is 16.4. The van der Waals surface area contributed by atoms with Gasteiger partial charge in [0.2, 0.25) is 5.88 Å². The zero-order chi connectivity index (χ0) is 19.6. The van der Waals surface area contributed by atoms with Crippen LogP contribution in [0.3, 0.4) is 0 Å². The summed E-state index contributed by atoms with van der Waals surface area (Å²) in [6.45, 7) is 2.35. The van der Waals surface area contributed by atoms with Gasteiger partial charge in [0, 0.05) is 12.2 Å². The monoisotopic (exact) mass is 373 g/mol. The first kappa shape index (κ1) is 20.0. The van der Waals surface area contributed by atoms with Gasteiger partial charge in [0.1, 0.15) is 5.56 Å². The van der Waals surface area contributed by atoms with Crippen molar-refractivity contribution in [2.75, 3.05) is 5.32 Å². The van der Waals surface area contributed by atoms with Gasteiger partial charge in [-0.05, 0) is 18.6 Å². The Hall–Kier alpha value is -3.36. The predicted molar refractivity (Wildman–Crippen MR) is 103 cm³/mol. The van der Waals surface area contributed by atoms with Crippen molar-refractivity contribution in [1.29, 1.82) is 0 Å². The minimum Gasteiger partial charge on any atom is -0.494 e. The number of aromatic hydroxyl groups is 1. The van der Waals surface area contributed by atoms with E-state index in [1.54, 1.807) is 24.3 Å². The molecule has 27 heavy (non-hydrogen) atoms. The highest BCUT2D eigenvalue weighted by Crippen LogP contribution is 2.10. The molecule has 0 aliphatic carbocycles. The Balaban J connectivity index is 2.06. The molecule has 1 aromatic carbocycles. The molecule has 0 atom stereocenters. The van der Waals surface area contributed by atoms with Crippen molar-refractivity contribution in [1.82, 2.24) is 15.0 Å². The quantitative estimate of drug-likeness (QED) is 0.320. The maximum absolute atomic E-state index is 11.9. The summed E-state index contributed by atoms with van der Waals surface area (Å²) in [4.78, 5) is 37.7. The lowest BCUT2D eigenvalue weighted by atomic mass is 10.2. The minimum absolute atomic E-state index is 0.204. The van der Waals surface area contributed by atoms with E-state index in [9.17, 15) is 19.5 Å². The van der Waals surface area contributed by atoms with Crippen LogP contribution in [0.1, 0.15) is 38.2 Å². The van der Waals surface area contributed by atoms with Gasteiger partial charge in [-0.2, -0.15) is 5.10 Å². The van der Waals surface area contributed by atoms with E-state index in [0.717, 1.165) is 30.0 Å². The third-order valence-electron chi connectivity index (χ3n) is 3.83. The molecule has 2 amide bonds. The Kier molecular flexibility index (Phi) is 7.36. The van der Waals surface area contributed by atoms with E-state index < -0.39 is 23.2 Å². The third-order valence-corrected chi connectivity index (χ3v) is 3.83. The number of carbonyl (C=O) groups is 1. The van der Waals surface area contributed by atoms with E-state index in [0.29, 0.717) is 12.1 Å². The number of carbonyl (C=O) groups excluding carboxylic acids is 1. The number of benzene rings is 1. The second-order valence-electron chi connectivity index (χ2n) is 5.90. The molecule has 0 radical (unpaired) electrons. The number of nitrogens with zero attached hydrogens (tertiary/aromatic N) is 2. The van der Waals surface area contributed by atoms with Gasteiger partial charge in [0.05, 0.1) is 6.21 Å². The number of amides is 2. The number of rotatable bonds is 8. The minimum atomic E-state index is -0.781. The molecule has 1 aromatic heterocycles. The molecule has 2 aromatic rings. The second kappa shape index (κ2) is 9.95. The van der Waals surface area contributed by atoms with Gasteiger partial charge in [-0.15, -0.1) is 0 Å². The fraction of sp³-hybridized carbons (Fsp3) is 0.333. The fourth-order valence-electron chi connectivity index (χ4n) is 2.43. The maximum atomic E-state index is 11.9.